The van der Waals surface area contributed by atoms with E-state index in [1.165, 1.54) is 0 Å². The SMILES string of the molecule is C#CCC(CC)NCCCC(=O)NC. The molecule has 0 fully saturated rings. The van der Waals surface area contributed by atoms with E-state index in [1.807, 2.05) is 0 Å². The second kappa shape index (κ2) is 8.58. The molecule has 1 unspecified atom stereocenters. The summed E-state index contributed by atoms with van der Waals surface area (Å²) in [6, 6.07) is 0.393. The number of hydrogen-bond donors (Lipinski definition) is 2. The summed E-state index contributed by atoms with van der Waals surface area (Å²) in [5.41, 5.74) is 0. The van der Waals surface area contributed by atoms with Crippen LogP contribution in [0.3, 0.4) is 0 Å². The lowest BCUT2D eigenvalue weighted by Gasteiger charge is -2.13. The van der Waals surface area contributed by atoms with Crippen molar-refractivity contribution in [2.45, 2.75) is 38.6 Å². The zero-order valence-electron chi connectivity index (χ0n) is 9.10. The Hall–Kier alpha value is -1.01. The highest BCUT2D eigenvalue weighted by atomic mass is 16.1. The van der Waals surface area contributed by atoms with Gasteiger partial charge in [0, 0.05) is 25.9 Å². The summed E-state index contributed by atoms with van der Waals surface area (Å²) in [7, 11) is 1.66. The number of terminal acetylenes is 1. The number of carbonyl (C=O) groups excluding carboxylic acids is 1. The van der Waals surface area contributed by atoms with Gasteiger partial charge < -0.3 is 10.6 Å². The molecule has 1 atom stereocenters. The van der Waals surface area contributed by atoms with E-state index in [4.69, 9.17) is 6.42 Å². The highest BCUT2D eigenvalue weighted by molar-refractivity contribution is 5.75. The number of amides is 1. The minimum Gasteiger partial charge on any atom is -0.359 e. The summed E-state index contributed by atoms with van der Waals surface area (Å²) >= 11 is 0. The average molecular weight is 196 g/mol. The third-order valence-electron chi connectivity index (χ3n) is 2.15. The molecule has 14 heavy (non-hydrogen) atoms. The van der Waals surface area contributed by atoms with Gasteiger partial charge in [-0.1, -0.05) is 6.92 Å². The molecule has 2 N–H and O–H groups in total. The Bertz CT molecular complexity index is 196. The van der Waals surface area contributed by atoms with Crippen LogP contribution >= 0.6 is 0 Å². The second-order valence-electron chi connectivity index (χ2n) is 3.24. The zero-order valence-corrected chi connectivity index (χ0v) is 9.10. The van der Waals surface area contributed by atoms with Gasteiger partial charge in [-0.05, 0) is 19.4 Å². The molecule has 0 saturated carbocycles. The molecule has 0 aliphatic rings. The van der Waals surface area contributed by atoms with Crippen LogP contribution in [0.1, 0.15) is 32.6 Å². The zero-order chi connectivity index (χ0) is 10.8. The molecule has 0 bridgehead atoms. The molecule has 3 nitrogen and oxygen atoms in total. The molecule has 0 aromatic carbocycles. The predicted molar refractivity (Wildman–Crippen MR) is 58.8 cm³/mol. The molecule has 1 amide bonds. The molecular formula is C11H20N2O. The third kappa shape index (κ3) is 6.50. The number of carbonyl (C=O) groups is 1. The van der Waals surface area contributed by atoms with E-state index < -0.39 is 0 Å². The average Bonchev–Trinajstić information content (AvgIpc) is 2.22. The summed E-state index contributed by atoms with van der Waals surface area (Å²) in [4.78, 5) is 10.9. The van der Waals surface area contributed by atoms with E-state index in [1.54, 1.807) is 7.05 Å². The first-order valence-electron chi connectivity index (χ1n) is 5.12. The maximum Gasteiger partial charge on any atom is 0.219 e. The Kier molecular flexibility index (Phi) is 7.96. The second-order valence-corrected chi connectivity index (χ2v) is 3.24. The summed E-state index contributed by atoms with van der Waals surface area (Å²) < 4.78 is 0. The molecular weight excluding hydrogens is 176 g/mol. The van der Waals surface area contributed by atoms with E-state index in [-0.39, 0.29) is 5.91 Å². The lowest BCUT2D eigenvalue weighted by atomic mass is 10.1. The van der Waals surface area contributed by atoms with Crippen LogP contribution in [0.5, 0.6) is 0 Å². The monoisotopic (exact) mass is 196 g/mol. The van der Waals surface area contributed by atoms with Crippen LogP contribution in [0.15, 0.2) is 0 Å². The van der Waals surface area contributed by atoms with Gasteiger partial charge in [0.05, 0.1) is 0 Å². The fourth-order valence-electron chi connectivity index (χ4n) is 1.18. The van der Waals surface area contributed by atoms with Gasteiger partial charge in [0.2, 0.25) is 5.91 Å². The number of hydrogen-bond acceptors (Lipinski definition) is 2. The maximum atomic E-state index is 10.9. The quantitative estimate of drug-likeness (QED) is 0.469. The lowest BCUT2D eigenvalue weighted by molar-refractivity contribution is -0.120. The van der Waals surface area contributed by atoms with Gasteiger partial charge in [0.25, 0.3) is 0 Å². The van der Waals surface area contributed by atoms with Gasteiger partial charge in [-0.25, -0.2) is 0 Å². The molecule has 0 aliphatic heterocycles. The normalized spacial score (nSPS) is 11.8. The Morgan fingerprint density at radius 2 is 2.29 bits per heavy atom. The Morgan fingerprint density at radius 3 is 2.79 bits per heavy atom. The molecule has 0 saturated heterocycles. The molecule has 0 heterocycles. The minimum atomic E-state index is 0.0943. The van der Waals surface area contributed by atoms with Gasteiger partial charge in [-0.2, -0.15) is 0 Å². The summed E-state index contributed by atoms with van der Waals surface area (Å²) in [6.07, 6.45) is 8.46. The molecule has 0 rings (SSSR count). The molecule has 0 aromatic heterocycles. The standard InChI is InChI=1S/C11H20N2O/c1-4-7-10(5-2)13-9-6-8-11(14)12-3/h1,10,13H,5-9H2,2-3H3,(H,12,14). The van der Waals surface area contributed by atoms with Crippen molar-refractivity contribution in [3.8, 4) is 12.3 Å². The fraction of sp³-hybridized carbons (Fsp3) is 0.727. The van der Waals surface area contributed by atoms with Gasteiger partial charge >= 0.3 is 0 Å². The van der Waals surface area contributed by atoms with Crippen LogP contribution in [0.2, 0.25) is 0 Å². The molecule has 0 spiro atoms. The fourth-order valence-corrected chi connectivity index (χ4v) is 1.18. The van der Waals surface area contributed by atoms with Crippen LogP contribution in [0, 0.1) is 12.3 Å². The first-order chi connectivity index (χ1) is 6.74. The Balaban J connectivity index is 3.42. The number of nitrogens with one attached hydrogen (secondary N) is 2. The smallest absolute Gasteiger partial charge is 0.219 e. The highest BCUT2D eigenvalue weighted by Gasteiger charge is 2.03. The van der Waals surface area contributed by atoms with Crippen molar-refractivity contribution in [1.29, 1.82) is 0 Å². The Morgan fingerprint density at radius 1 is 1.57 bits per heavy atom. The third-order valence-corrected chi connectivity index (χ3v) is 2.15. The van der Waals surface area contributed by atoms with E-state index in [9.17, 15) is 4.79 Å². The Labute approximate surface area is 86.6 Å². The lowest BCUT2D eigenvalue weighted by Crippen LogP contribution is -2.29. The largest absolute Gasteiger partial charge is 0.359 e. The molecule has 3 heteroatoms. The van der Waals surface area contributed by atoms with Crippen molar-refractivity contribution in [2.75, 3.05) is 13.6 Å². The van der Waals surface area contributed by atoms with Crippen LogP contribution in [-0.4, -0.2) is 25.5 Å². The summed E-state index contributed by atoms with van der Waals surface area (Å²) in [6.45, 7) is 2.96. The van der Waals surface area contributed by atoms with Crippen LogP contribution in [-0.2, 0) is 4.79 Å². The van der Waals surface area contributed by atoms with Crippen LogP contribution < -0.4 is 10.6 Å². The summed E-state index contributed by atoms with van der Waals surface area (Å²) in [5, 5.41) is 5.92. The van der Waals surface area contributed by atoms with Crippen molar-refractivity contribution >= 4 is 5.91 Å². The topological polar surface area (TPSA) is 41.1 Å². The van der Waals surface area contributed by atoms with E-state index in [0.717, 1.165) is 25.8 Å². The molecule has 80 valence electrons. The maximum absolute atomic E-state index is 10.9. The van der Waals surface area contributed by atoms with Gasteiger partial charge in [-0.3, -0.25) is 4.79 Å². The van der Waals surface area contributed by atoms with Gasteiger partial charge in [-0.15, -0.1) is 12.3 Å². The van der Waals surface area contributed by atoms with Crippen molar-refractivity contribution in [1.82, 2.24) is 10.6 Å². The van der Waals surface area contributed by atoms with Crippen molar-refractivity contribution in [3.63, 3.8) is 0 Å². The number of rotatable bonds is 7. The van der Waals surface area contributed by atoms with Crippen molar-refractivity contribution in [3.05, 3.63) is 0 Å². The van der Waals surface area contributed by atoms with Crippen molar-refractivity contribution < 1.29 is 4.79 Å². The van der Waals surface area contributed by atoms with Crippen molar-refractivity contribution in [2.24, 2.45) is 0 Å². The molecule has 0 aromatic rings. The highest BCUT2D eigenvalue weighted by Crippen LogP contribution is 1.96. The first kappa shape index (κ1) is 13.0. The van der Waals surface area contributed by atoms with E-state index >= 15 is 0 Å². The van der Waals surface area contributed by atoms with Gasteiger partial charge in [0.1, 0.15) is 0 Å². The minimum absolute atomic E-state index is 0.0943. The predicted octanol–water partition coefficient (Wildman–Crippen LogP) is 0.904. The van der Waals surface area contributed by atoms with Crippen LogP contribution in [0.25, 0.3) is 0 Å². The molecule has 0 radical (unpaired) electrons. The first-order valence-corrected chi connectivity index (χ1v) is 5.12. The van der Waals surface area contributed by atoms with Crippen LogP contribution in [0.4, 0.5) is 0 Å². The molecule has 0 aliphatic carbocycles. The van der Waals surface area contributed by atoms with E-state index in [2.05, 4.69) is 23.5 Å². The summed E-state index contributed by atoms with van der Waals surface area (Å²) in [5.74, 6) is 2.73. The van der Waals surface area contributed by atoms with E-state index in [0.29, 0.717) is 12.5 Å². The van der Waals surface area contributed by atoms with Gasteiger partial charge in [0.15, 0.2) is 0 Å².